The zero-order valence-electron chi connectivity index (χ0n) is 9.66. The number of carbonyl (C=O) groups is 1. The highest BCUT2D eigenvalue weighted by Crippen LogP contribution is 2.37. The predicted molar refractivity (Wildman–Crippen MR) is 59.1 cm³/mol. The molecule has 5 heteroatoms. The average Bonchev–Trinajstić information content (AvgIpc) is 2.26. The lowest BCUT2D eigenvalue weighted by atomic mass is 9.80. The molecule has 17 heavy (non-hydrogen) atoms. The fourth-order valence-electron chi connectivity index (χ4n) is 1.93. The number of benzene rings is 1. The third-order valence-corrected chi connectivity index (χ3v) is 2.92. The SMILES string of the molecule is CC1(C)COC(=O)N[C@@H]1c1ccc(O)c(F)c1. The molecule has 1 fully saturated rings. The summed E-state index contributed by atoms with van der Waals surface area (Å²) in [6.45, 7) is 4.11. The first-order chi connectivity index (χ1) is 7.90. The van der Waals surface area contributed by atoms with Crippen LogP contribution in [0.2, 0.25) is 0 Å². The highest BCUT2D eigenvalue weighted by molar-refractivity contribution is 5.69. The molecule has 2 rings (SSSR count). The maximum absolute atomic E-state index is 13.3. The number of nitrogens with one attached hydrogen (secondary N) is 1. The van der Waals surface area contributed by atoms with Crippen molar-refractivity contribution in [3.05, 3.63) is 29.6 Å². The van der Waals surface area contributed by atoms with E-state index in [9.17, 15) is 9.18 Å². The molecule has 92 valence electrons. The van der Waals surface area contributed by atoms with Crippen LogP contribution in [0, 0.1) is 11.2 Å². The topological polar surface area (TPSA) is 58.6 Å². The van der Waals surface area contributed by atoms with Gasteiger partial charge in [-0.2, -0.15) is 0 Å². The van der Waals surface area contributed by atoms with Crippen LogP contribution in [-0.2, 0) is 4.74 Å². The Balaban J connectivity index is 2.36. The Labute approximate surface area is 98.4 Å². The van der Waals surface area contributed by atoms with Crippen molar-refractivity contribution in [2.45, 2.75) is 19.9 Å². The molecule has 0 aliphatic carbocycles. The monoisotopic (exact) mass is 239 g/mol. The van der Waals surface area contributed by atoms with Gasteiger partial charge in [0.1, 0.15) is 6.61 Å². The summed E-state index contributed by atoms with van der Waals surface area (Å²) in [7, 11) is 0. The van der Waals surface area contributed by atoms with Crippen LogP contribution in [0.5, 0.6) is 5.75 Å². The van der Waals surface area contributed by atoms with E-state index in [-0.39, 0.29) is 18.1 Å². The lowest BCUT2D eigenvalue weighted by Gasteiger charge is -2.38. The average molecular weight is 239 g/mol. The number of carbonyl (C=O) groups excluding carboxylic acids is 1. The van der Waals surface area contributed by atoms with Crippen molar-refractivity contribution >= 4 is 6.09 Å². The van der Waals surface area contributed by atoms with E-state index in [1.54, 1.807) is 6.07 Å². The van der Waals surface area contributed by atoms with E-state index >= 15 is 0 Å². The number of cyclic esters (lactones) is 1. The highest BCUT2D eigenvalue weighted by Gasteiger charge is 2.38. The van der Waals surface area contributed by atoms with Gasteiger partial charge in [0.25, 0.3) is 0 Å². The zero-order chi connectivity index (χ0) is 12.6. The second-order valence-electron chi connectivity index (χ2n) is 4.85. The van der Waals surface area contributed by atoms with Gasteiger partial charge in [-0.3, -0.25) is 0 Å². The number of ether oxygens (including phenoxy) is 1. The first-order valence-electron chi connectivity index (χ1n) is 5.32. The number of hydrogen-bond acceptors (Lipinski definition) is 3. The molecule has 1 aliphatic rings. The summed E-state index contributed by atoms with van der Waals surface area (Å²) in [6, 6.07) is 3.77. The number of aromatic hydroxyl groups is 1. The summed E-state index contributed by atoms with van der Waals surface area (Å²) in [5.41, 5.74) is 0.277. The summed E-state index contributed by atoms with van der Waals surface area (Å²) >= 11 is 0. The number of hydrogen-bond donors (Lipinski definition) is 2. The molecule has 1 aromatic rings. The van der Waals surface area contributed by atoms with Crippen LogP contribution in [0.15, 0.2) is 18.2 Å². The Morgan fingerprint density at radius 3 is 2.88 bits per heavy atom. The minimum absolute atomic E-state index is 0.270. The summed E-state index contributed by atoms with van der Waals surface area (Å²) in [4.78, 5) is 11.2. The van der Waals surface area contributed by atoms with Gasteiger partial charge in [-0.25, -0.2) is 9.18 Å². The first-order valence-corrected chi connectivity index (χ1v) is 5.32. The molecule has 1 aromatic carbocycles. The molecular formula is C12H14FNO3. The quantitative estimate of drug-likeness (QED) is 0.790. The molecule has 1 aliphatic heterocycles. The molecule has 0 bridgehead atoms. The van der Waals surface area contributed by atoms with Gasteiger partial charge >= 0.3 is 6.09 Å². The summed E-state index contributed by atoms with van der Waals surface area (Å²) < 4.78 is 18.2. The van der Waals surface area contributed by atoms with Crippen LogP contribution in [0.1, 0.15) is 25.5 Å². The lowest BCUT2D eigenvalue weighted by molar-refractivity contribution is 0.0386. The largest absolute Gasteiger partial charge is 0.505 e. The first kappa shape index (κ1) is 11.7. The maximum atomic E-state index is 13.3. The molecule has 1 amide bonds. The highest BCUT2D eigenvalue weighted by atomic mass is 19.1. The van der Waals surface area contributed by atoms with E-state index in [4.69, 9.17) is 9.84 Å². The van der Waals surface area contributed by atoms with E-state index in [1.165, 1.54) is 12.1 Å². The van der Waals surface area contributed by atoms with E-state index in [0.29, 0.717) is 5.56 Å². The van der Waals surface area contributed by atoms with E-state index < -0.39 is 17.7 Å². The van der Waals surface area contributed by atoms with Gasteiger partial charge in [-0.1, -0.05) is 19.9 Å². The third-order valence-electron chi connectivity index (χ3n) is 2.92. The summed E-state index contributed by atoms with van der Waals surface area (Å²) in [5, 5.41) is 11.8. The minimum Gasteiger partial charge on any atom is -0.505 e. The van der Waals surface area contributed by atoms with Crippen LogP contribution >= 0.6 is 0 Å². The molecule has 0 spiro atoms. The van der Waals surface area contributed by atoms with Crippen molar-refractivity contribution in [3.8, 4) is 5.75 Å². The number of phenols is 1. The molecular weight excluding hydrogens is 225 g/mol. The molecule has 1 heterocycles. The fourth-order valence-corrected chi connectivity index (χ4v) is 1.93. The summed E-state index contributed by atoms with van der Waals surface area (Å²) in [6.07, 6.45) is -0.511. The number of alkyl carbamates (subject to hydrolysis) is 1. The van der Waals surface area contributed by atoms with Gasteiger partial charge in [-0.15, -0.1) is 0 Å². The van der Waals surface area contributed by atoms with E-state index in [1.807, 2.05) is 13.8 Å². The number of rotatable bonds is 1. The van der Waals surface area contributed by atoms with Gasteiger partial charge in [0.05, 0.1) is 6.04 Å². The third kappa shape index (κ3) is 2.18. The normalized spacial score (nSPS) is 22.8. The molecule has 2 N–H and O–H groups in total. The number of amides is 1. The van der Waals surface area contributed by atoms with Crippen LogP contribution in [0.25, 0.3) is 0 Å². The van der Waals surface area contributed by atoms with E-state index in [0.717, 1.165) is 0 Å². The van der Waals surface area contributed by atoms with Gasteiger partial charge in [0, 0.05) is 5.41 Å². The van der Waals surface area contributed by atoms with Crippen LogP contribution in [-0.4, -0.2) is 17.8 Å². The smallest absolute Gasteiger partial charge is 0.407 e. The van der Waals surface area contributed by atoms with E-state index in [2.05, 4.69) is 5.32 Å². The molecule has 0 aromatic heterocycles. The Morgan fingerprint density at radius 1 is 1.53 bits per heavy atom. The second-order valence-corrected chi connectivity index (χ2v) is 4.85. The van der Waals surface area contributed by atoms with Crippen molar-refractivity contribution in [3.63, 3.8) is 0 Å². The van der Waals surface area contributed by atoms with Crippen molar-refractivity contribution in [2.24, 2.45) is 5.41 Å². The molecule has 4 nitrogen and oxygen atoms in total. The number of halogens is 1. The van der Waals surface area contributed by atoms with Gasteiger partial charge in [-0.05, 0) is 17.7 Å². The summed E-state index contributed by atoms with van der Waals surface area (Å²) in [5.74, 6) is -1.09. The van der Waals surface area contributed by atoms with Gasteiger partial charge in [0.15, 0.2) is 11.6 Å². The Morgan fingerprint density at radius 2 is 2.24 bits per heavy atom. The molecule has 1 saturated heterocycles. The standard InChI is InChI=1S/C12H14FNO3/c1-12(2)6-17-11(16)14-10(12)7-3-4-9(15)8(13)5-7/h3-5,10,15H,6H2,1-2H3,(H,14,16)/t10-/m1/s1. The van der Waals surface area contributed by atoms with Crippen LogP contribution in [0.4, 0.5) is 9.18 Å². The Hall–Kier alpha value is -1.78. The van der Waals surface area contributed by atoms with Crippen LogP contribution in [0.3, 0.4) is 0 Å². The van der Waals surface area contributed by atoms with Gasteiger partial charge in [0.2, 0.25) is 0 Å². The fraction of sp³-hybridized carbons (Fsp3) is 0.417. The molecule has 0 unspecified atom stereocenters. The van der Waals surface area contributed by atoms with Crippen molar-refractivity contribution < 1.29 is 19.0 Å². The Bertz CT molecular complexity index is 459. The van der Waals surface area contributed by atoms with Crippen molar-refractivity contribution in [1.29, 1.82) is 0 Å². The minimum atomic E-state index is -0.695. The Kier molecular flexibility index (Phi) is 2.69. The molecule has 0 saturated carbocycles. The maximum Gasteiger partial charge on any atom is 0.407 e. The van der Waals surface area contributed by atoms with Crippen molar-refractivity contribution in [2.75, 3.05) is 6.61 Å². The zero-order valence-corrected chi connectivity index (χ0v) is 9.66. The second kappa shape index (κ2) is 3.91. The van der Waals surface area contributed by atoms with Crippen molar-refractivity contribution in [1.82, 2.24) is 5.32 Å². The molecule has 0 radical (unpaired) electrons. The lowest BCUT2D eigenvalue weighted by Crippen LogP contribution is -2.46. The number of phenolic OH excluding ortho intramolecular Hbond substituents is 1. The predicted octanol–water partition coefficient (Wildman–Crippen LogP) is 2.34. The van der Waals surface area contributed by atoms with Gasteiger partial charge < -0.3 is 15.2 Å². The van der Waals surface area contributed by atoms with Crippen LogP contribution < -0.4 is 5.32 Å². The molecule has 1 atom stereocenters.